The summed E-state index contributed by atoms with van der Waals surface area (Å²) in [7, 11) is 0. The summed E-state index contributed by atoms with van der Waals surface area (Å²) in [6.07, 6.45) is 3.54. The molecule has 2 N–H and O–H groups in total. The molecule has 0 radical (unpaired) electrons. The van der Waals surface area contributed by atoms with Gasteiger partial charge in [-0.05, 0) is 25.9 Å². The molecule has 0 unspecified atom stereocenters. The molecule has 0 aromatic carbocycles. The number of piperazine rings is 1. The molecule has 0 saturated carbocycles. The van der Waals surface area contributed by atoms with Crippen LogP contribution < -0.4 is 10.6 Å². The van der Waals surface area contributed by atoms with Crippen molar-refractivity contribution in [1.82, 2.24) is 20.4 Å². The molecule has 6 heteroatoms. The summed E-state index contributed by atoms with van der Waals surface area (Å²) < 4.78 is 0. The van der Waals surface area contributed by atoms with Gasteiger partial charge in [0.15, 0.2) is 0 Å². The van der Waals surface area contributed by atoms with Gasteiger partial charge in [-0.15, -0.1) is 0 Å². The second kappa shape index (κ2) is 9.85. The fourth-order valence-electron chi connectivity index (χ4n) is 2.16. The average Bonchev–Trinajstić information content (AvgIpc) is 2.41. The van der Waals surface area contributed by atoms with E-state index in [2.05, 4.69) is 20.4 Å². The molecule has 1 aliphatic rings. The normalized spacial score (nSPS) is 17.3. The molecule has 1 saturated heterocycles. The summed E-state index contributed by atoms with van der Waals surface area (Å²) in [4.78, 5) is 25.0. The van der Waals surface area contributed by atoms with E-state index in [-0.39, 0.29) is 0 Å². The number of hydrogen-bond donors (Lipinski definition) is 2. The molecule has 0 spiro atoms. The van der Waals surface area contributed by atoms with Crippen molar-refractivity contribution >= 4 is 12.8 Å². The number of carbonyl (C=O) groups excluding carboxylic acids is 2. The molecule has 1 rings (SSSR count). The fourth-order valence-corrected chi connectivity index (χ4v) is 2.16. The molecule has 0 bridgehead atoms. The molecule has 1 fully saturated rings. The van der Waals surface area contributed by atoms with E-state index in [1.54, 1.807) is 0 Å². The molecule has 6 nitrogen and oxygen atoms in total. The molecule has 18 heavy (non-hydrogen) atoms. The summed E-state index contributed by atoms with van der Waals surface area (Å²) in [5, 5.41) is 5.37. The van der Waals surface area contributed by atoms with Crippen LogP contribution in [0.2, 0.25) is 0 Å². The number of carbonyl (C=O) groups is 2. The summed E-state index contributed by atoms with van der Waals surface area (Å²) in [5.41, 5.74) is 0. The van der Waals surface area contributed by atoms with Crippen molar-refractivity contribution in [3.8, 4) is 0 Å². The van der Waals surface area contributed by atoms with Gasteiger partial charge in [0.1, 0.15) is 0 Å². The van der Waals surface area contributed by atoms with Crippen molar-refractivity contribution in [2.24, 2.45) is 0 Å². The quantitative estimate of drug-likeness (QED) is 0.384. The average molecular weight is 256 g/mol. The minimum absolute atomic E-state index is 0.755. The highest BCUT2D eigenvalue weighted by Gasteiger charge is 2.15. The molecule has 104 valence electrons. The maximum Gasteiger partial charge on any atom is 0.207 e. The van der Waals surface area contributed by atoms with Gasteiger partial charge in [0, 0.05) is 39.3 Å². The first-order chi connectivity index (χ1) is 8.86. The molecule has 2 amide bonds. The van der Waals surface area contributed by atoms with Crippen LogP contribution in [0.15, 0.2) is 0 Å². The Morgan fingerprint density at radius 3 is 1.50 bits per heavy atom. The lowest BCUT2D eigenvalue weighted by Crippen LogP contribution is -2.47. The molecular weight excluding hydrogens is 232 g/mol. The van der Waals surface area contributed by atoms with E-state index in [0.29, 0.717) is 0 Å². The van der Waals surface area contributed by atoms with Gasteiger partial charge in [-0.25, -0.2) is 0 Å². The maximum atomic E-state index is 10.1. The molecule has 1 aliphatic heterocycles. The molecule has 0 aromatic rings. The van der Waals surface area contributed by atoms with E-state index in [1.165, 1.54) is 0 Å². The monoisotopic (exact) mass is 256 g/mol. The topological polar surface area (TPSA) is 64.7 Å². The van der Waals surface area contributed by atoms with Crippen molar-refractivity contribution in [2.75, 3.05) is 52.4 Å². The van der Waals surface area contributed by atoms with E-state index < -0.39 is 0 Å². The zero-order chi connectivity index (χ0) is 13.1. The Kier molecular flexibility index (Phi) is 8.16. The van der Waals surface area contributed by atoms with Crippen LogP contribution >= 0.6 is 0 Å². The van der Waals surface area contributed by atoms with Gasteiger partial charge in [0.05, 0.1) is 0 Å². The zero-order valence-corrected chi connectivity index (χ0v) is 10.9. The van der Waals surface area contributed by atoms with E-state index in [1.807, 2.05) is 0 Å². The van der Waals surface area contributed by atoms with Gasteiger partial charge in [0.2, 0.25) is 12.8 Å². The van der Waals surface area contributed by atoms with Crippen LogP contribution in [0.4, 0.5) is 0 Å². The lowest BCUT2D eigenvalue weighted by molar-refractivity contribution is -0.110. The Balaban J connectivity index is 1.98. The first kappa shape index (κ1) is 14.9. The maximum absolute atomic E-state index is 10.1. The molecular formula is C12H24N4O2. The van der Waals surface area contributed by atoms with Gasteiger partial charge in [-0.2, -0.15) is 0 Å². The Bertz CT molecular complexity index is 206. The fraction of sp³-hybridized carbons (Fsp3) is 0.833. The summed E-state index contributed by atoms with van der Waals surface area (Å²) in [5.74, 6) is 0. The largest absolute Gasteiger partial charge is 0.359 e. The van der Waals surface area contributed by atoms with E-state index in [0.717, 1.165) is 78.0 Å². The van der Waals surface area contributed by atoms with Crippen molar-refractivity contribution in [1.29, 1.82) is 0 Å². The van der Waals surface area contributed by atoms with E-state index in [9.17, 15) is 9.59 Å². The molecule has 0 aromatic heterocycles. The first-order valence-electron chi connectivity index (χ1n) is 6.65. The highest BCUT2D eigenvalue weighted by molar-refractivity contribution is 5.45. The van der Waals surface area contributed by atoms with Crippen LogP contribution in [0.3, 0.4) is 0 Å². The SMILES string of the molecule is O=CNCCCN1CCN(CCCNC=O)CC1. The lowest BCUT2D eigenvalue weighted by atomic mass is 10.2. The minimum Gasteiger partial charge on any atom is -0.359 e. The highest BCUT2D eigenvalue weighted by Crippen LogP contribution is 2.02. The van der Waals surface area contributed by atoms with Crippen molar-refractivity contribution in [3.63, 3.8) is 0 Å². The summed E-state index contributed by atoms with van der Waals surface area (Å²) in [6, 6.07) is 0. The predicted octanol–water partition coefficient (Wildman–Crippen LogP) is -1.12. The second-order valence-corrected chi connectivity index (χ2v) is 4.53. The third-order valence-electron chi connectivity index (χ3n) is 3.22. The standard InChI is InChI=1S/C12H24N4O2/c17-11-13-3-1-5-15-7-9-16(10-8-15)6-2-4-14-12-18/h11-12H,1-10H2,(H,13,17)(H,14,18). The number of rotatable bonds is 10. The number of amides is 2. The Morgan fingerprint density at radius 2 is 1.17 bits per heavy atom. The van der Waals surface area contributed by atoms with Crippen LogP contribution in [0.1, 0.15) is 12.8 Å². The third kappa shape index (κ3) is 6.56. The highest BCUT2D eigenvalue weighted by atomic mass is 16.1. The molecule has 0 aliphatic carbocycles. The number of nitrogens with zero attached hydrogens (tertiary/aromatic N) is 2. The van der Waals surface area contributed by atoms with Crippen molar-refractivity contribution in [3.05, 3.63) is 0 Å². The van der Waals surface area contributed by atoms with Crippen LogP contribution in [-0.4, -0.2) is 75.0 Å². The predicted molar refractivity (Wildman–Crippen MR) is 70.2 cm³/mol. The van der Waals surface area contributed by atoms with Crippen LogP contribution in [0.25, 0.3) is 0 Å². The van der Waals surface area contributed by atoms with Gasteiger partial charge in [-0.3, -0.25) is 9.59 Å². The van der Waals surface area contributed by atoms with E-state index in [4.69, 9.17) is 0 Å². The van der Waals surface area contributed by atoms with Crippen LogP contribution in [-0.2, 0) is 9.59 Å². The molecule has 1 heterocycles. The van der Waals surface area contributed by atoms with Gasteiger partial charge in [-0.1, -0.05) is 0 Å². The first-order valence-corrected chi connectivity index (χ1v) is 6.65. The van der Waals surface area contributed by atoms with Crippen LogP contribution in [0.5, 0.6) is 0 Å². The molecule has 0 atom stereocenters. The number of nitrogens with one attached hydrogen (secondary N) is 2. The Hall–Kier alpha value is -1.14. The van der Waals surface area contributed by atoms with Gasteiger partial charge >= 0.3 is 0 Å². The van der Waals surface area contributed by atoms with Crippen molar-refractivity contribution < 1.29 is 9.59 Å². The van der Waals surface area contributed by atoms with E-state index >= 15 is 0 Å². The Labute approximate surface area is 109 Å². The summed E-state index contributed by atoms with van der Waals surface area (Å²) >= 11 is 0. The van der Waals surface area contributed by atoms with Crippen LogP contribution in [0, 0.1) is 0 Å². The zero-order valence-electron chi connectivity index (χ0n) is 10.9. The third-order valence-corrected chi connectivity index (χ3v) is 3.22. The Morgan fingerprint density at radius 1 is 0.778 bits per heavy atom. The number of hydrogen-bond acceptors (Lipinski definition) is 4. The minimum atomic E-state index is 0.755. The second-order valence-electron chi connectivity index (χ2n) is 4.53. The lowest BCUT2D eigenvalue weighted by Gasteiger charge is -2.34. The summed E-state index contributed by atoms with van der Waals surface area (Å²) in [6.45, 7) is 8.04. The smallest absolute Gasteiger partial charge is 0.207 e. The van der Waals surface area contributed by atoms with Gasteiger partial charge < -0.3 is 20.4 Å². The van der Waals surface area contributed by atoms with Crippen molar-refractivity contribution in [2.45, 2.75) is 12.8 Å². The van der Waals surface area contributed by atoms with Gasteiger partial charge in [0.25, 0.3) is 0 Å².